The molecule has 136 valence electrons. The van der Waals surface area contributed by atoms with Gasteiger partial charge in [-0.2, -0.15) is 0 Å². The van der Waals surface area contributed by atoms with Crippen molar-refractivity contribution in [3.8, 4) is 0 Å². The van der Waals surface area contributed by atoms with E-state index in [4.69, 9.17) is 0 Å². The lowest BCUT2D eigenvalue weighted by atomic mass is 10.2. The molecule has 5 heteroatoms. The van der Waals surface area contributed by atoms with Gasteiger partial charge in [0.15, 0.2) is 0 Å². The van der Waals surface area contributed by atoms with Gasteiger partial charge in [-0.3, -0.25) is 14.7 Å². The van der Waals surface area contributed by atoms with Gasteiger partial charge in [-0.25, -0.2) is 0 Å². The molecule has 0 radical (unpaired) electrons. The van der Waals surface area contributed by atoms with E-state index < -0.39 is 0 Å². The smallest absolute Gasteiger partial charge is 0.272 e. The largest absolute Gasteiger partial charge is 0.308 e. The highest BCUT2D eigenvalue weighted by molar-refractivity contribution is 5.13. The van der Waals surface area contributed by atoms with Crippen LogP contribution in [0.5, 0.6) is 0 Å². The van der Waals surface area contributed by atoms with Gasteiger partial charge in [0.25, 0.3) is 5.56 Å². The highest BCUT2D eigenvalue weighted by Crippen LogP contribution is 2.07. The molecule has 2 heterocycles. The normalized spacial score (nSPS) is 16.7. The molecule has 0 unspecified atom stereocenters. The molecular weight excluding hydrogens is 300 g/mol. The van der Waals surface area contributed by atoms with Crippen molar-refractivity contribution in [1.82, 2.24) is 19.4 Å². The molecule has 1 aromatic rings. The molecule has 1 aliphatic rings. The van der Waals surface area contributed by atoms with E-state index in [1.807, 2.05) is 25.3 Å². The van der Waals surface area contributed by atoms with Crippen LogP contribution in [0, 0.1) is 13.8 Å². The van der Waals surface area contributed by atoms with Crippen LogP contribution in [0.3, 0.4) is 0 Å². The summed E-state index contributed by atoms with van der Waals surface area (Å²) in [6.07, 6.45) is 4.65. The Bertz CT molecular complexity index is 573. The fourth-order valence-corrected chi connectivity index (χ4v) is 3.40. The molecule has 0 atom stereocenters. The molecule has 1 fully saturated rings. The molecule has 0 N–H and O–H groups in total. The fraction of sp³-hybridized carbons (Fsp3) is 0.789. The molecule has 5 nitrogen and oxygen atoms in total. The van der Waals surface area contributed by atoms with Crippen LogP contribution in [0.2, 0.25) is 0 Å². The van der Waals surface area contributed by atoms with Crippen LogP contribution < -0.4 is 5.56 Å². The van der Waals surface area contributed by atoms with Crippen LogP contribution in [0.25, 0.3) is 0 Å². The average molecular weight is 335 g/mol. The Balaban J connectivity index is 1.87. The number of aryl methyl sites for hydroxylation is 2. The molecule has 0 amide bonds. The number of aromatic nitrogens is 2. The van der Waals surface area contributed by atoms with Crippen molar-refractivity contribution < 1.29 is 0 Å². The highest BCUT2D eigenvalue weighted by atomic mass is 16.1. The van der Waals surface area contributed by atoms with Gasteiger partial charge < -0.3 is 9.47 Å². The Hall–Kier alpha value is -1.20. The van der Waals surface area contributed by atoms with Crippen molar-refractivity contribution in [2.24, 2.45) is 0 Å². The van der Waals surface area contributed by atoms with E-state index in [0.717, 1.165) is 50.7 Å². The topological polar surface area (TPSA) is 41.4 Å². The first-order valence-corrected chi connectivity index (χ1v) is 9.58. The van der Waals surface area contributed by atoms with E-state index in [1.54, 1.807) is 0 Å². The summed E-state index contributed by atoms with van der Waals surface area (Å²) >= 11 is 0. The third kappa shape index (κ3) is 4.90. The number of nitrogens with zero attached hydrogens (tertiary/aromatic N) is 4. The minimum absolute atomic E-state index is 0.0961. The van der Waals surface area contributed by atoms with Gasteiger partial charge in [0.05, 0.1) is 5.69 Å². The zero-order chi connectivity index (χ0) is 17.5. The molecule has 24 heavy (non-hydrogen) atoms. The summed E-state index contributed by atoms with van der Waals surface area (Å²) in [7, 11) is 0. The molecule has 0 spiro atoms. The molecule has 2 rings (SSSR count). The van der Waals surface area contributed by atoms with Crippen LogP contribution in [0.1, 0.15) is 50.2 Å². The third-order valence-corrected chi connectivity index (χ3v) is 5.24. The van der Waals surface area contributed by atoms with E-state index in [0.29, 0.717) is 12.1 Å². The summed E-state index contributed by atoms with van der Waals surface area (Å²) < 4.78 is 1.93. The lowest BCUT2D eigenvalue weighted by Gasteiger charge is -2.34. The van der Waals surface area contributed by atoms with E-state index in [9.17, 15) is 4.79 Å². The predicted octanol–water partition coefficient (Wildman–Crippen LogP) is 2.23. The summed E-state index contributed by atoms with van der Waals surface area (Å²) in [4.78, 5) is 22.0. The fourth-order valence-electron chi connectivity index (χ4n) is 3.40. The van der Waals surface area contributed by atoms with Gasteiger partial charge >= 0.3 is 0 Å². The summed E-state index contributed by atoms with van der Waals surface area (Å²) in [5, 5.41) is 0. The molecule has 0 aliphatic carbocycles. The van der Waals surface area contributed by atoms with Crippen molar-refractivity contribution in [3.63, 3.8) is 0 Å². The maximum Gasteiger partial charge on any atom is 0.272 e. The van der Waals surface area contributed by atoms with Crippen molar-refractivity contribution in [2.75, 3.05) is 39.3 Å². The molecule has 0 aromatic carbocycles. The van der Waals surface area contributed by atoms with Gasteiger partial charge in [-0.05, 0) is 33.2 Å². The molecule has 1 aliphatic heterocycles. The second kappa shape index (κ2) is 9.33. The quantitative estimate of drug-likeness (QED) is 0.684. The Morgan fingerprint density at radius 1 is 0.917 bits per heavy atom. The van der Waals surface area contributed by atoms with Gasteiger partial charge in [0.1, 0.15) is 5.69 Å². The van der Waals surface area contributed by atoms with Crippen molar-refractivity contribution >= 4 is 0 Å². The number of hydrogen-bond donors (Lipinski definition) is 0. The first kappa shape index (κ1) is 19.1. The van der Waals surface area contributed by atoms with Crippen LogP contribution in [-0.4, -0.2) is 58.6 Å². The maximum atomic E-state index is 12.5. The van der Waals surface area contributed by atoms with E-state index in [1.165, 1.54) is 25.8 Å². The van der Waals surface area contributed by atoms with Gasteiger partial charge in [0.2, 0.25) is 0 Å². The lowest BCUT2D eigenvalue weighted by Crippen LogP contribution is -2.47. The Labute approximate surface area is 146 Å². The first-order chi connectivity index (χ1) is 11.6. The minimum Gasteiger partial charge on any atom is -0.308 e. The van der Waals surface area contributed by atoms with E-state index in [2.05, 4.69) is 21.7 Å². The second-order valence-electron chi connectivity index (χ2n) is 6.93. The Morgan fingerprint density at radius 3 is 2.12 bits per heavy atom. The monoisotopic (exact) mass is 334 g/mol. The Kier molecular flexibility index (Phi) is 7.43. The summed E-state index contributed by atoms with van der Waals surface area (Å²) in [6, 6.07) is 0. The van der Waals surface area contributed by atoms with Gasteiger partial charge in [-0.15, -0.1) is 0 Å². The zero-order valence-corrected chi connectivity index (χ0v) is 16.0. The Morgan fingerprint density at radius 2 is 1.54 bits per heavy atom. The van der Waals surface area contributed by atoms with E-state index in [-0.39, 0.29) is 5.56 Å². The third-order valence-electron chi connectivity index (χ3n) is 5.24. The number of rotatable bonds is 8. The van der Waals surface area contributed by atoms with Crippen molar-refractivity contribution in [1.29, 1.82) is 0 Å². The van der Waals surface area contributed by atoms with Gasteiger partial charge in [-0.1, -0.05) is 26.7 Å². The highest BCUT2D eigenvalue weighted by Gasteiger charge is 2.17. The molecule has 0 bridgehead atoms. The van der Waals surface area contributed by atoms with Crippen molar-refractivity contribution in [3.05, 3.63) is 27.4 Å². The maximum absolute atomic E-state index is 12.5. The minimum atomic E-state index is 0.0961. The lowest BCUT2D eigenvalue weighted by molar-refractivity contribution is 0.127. The molecular formula is C19H34N4O. The summed E-state index contributed by atoms with van der Waals surface area (Å²) in [5.74, 6) is 0. The molecule has 0 saturated carbocycles. The average Bonchev–Trinajstić information content (AvgIpc) is 2.59. The standard InChI is InChI=1S/C19H34N4O/c1-5-7-8-9-21-10-12-22(13-11-21)14-15-23-17(4)16(3)20-18(6-2)19(23)24/h5-15H2,1-4H3. The number of hydrogen-bond acceptors (Lipinski definition) is 4. The number of unbranched alkanes of at least 4 members (excludes halogenated alkanes) is 2. The molecule has 1 aromatic heterocycles. The van der Waals surface area contributed by atoms with Crippen molar-refractivity contribution in [2.45, 2.75) is 59.9 Å². The second-order valence-corrected chi connectivity index (χ2v) is 6.93. The van der Waals surface area contributed by atoms with Gasteiger partial charge in [0, 0.05) is 45.0 Å². The van der Waals surface area contributed by atoms with E-state index >= 15 is 0 Å². The van der Waals surface area contributed by atoms with Crippen LogP contribution in [-0.2, 0) is 13.0 Å². The number of piperazine rings is 1. The molecule has 1 saturated heterocycles. The van der Waals surface area contributed by atoms with Crippen LogP contribution >= 0.6 is 0 Å². The SMILES string of the molecule is CCCCCN1CCN(CCn2c(C)c(C)nc(CC)c2=O)CC1. The zero-order valence-electron chi connectivity index (χ0n) is 16.0. The summed E-state index contributed by atoms with van der Waals surface area (Å²) in [5.41, 5.74) is 2.78. The van der Waals surface area contributed by atoms with Crippen LogP contribution in [0.15, 0.2) is 4.79 Å². The predicted molar refractivity (Wildman–Crippen MR) is 99.8 cm³/mol. The van der Waals surface area contributed by atoms with Crippen LogP contribution in [0.4, 0.5) is 0 Å². The first-order valence-electron chi connectivity index (χ1n) is 9.58. The summed E-state index contributed by atoms with van der Waals surface area (Å²) in [6.45, 7) is 15.8.